The van der Waals surface area contributed by atoms with Crippen LogP contribution in [0.3, 0.4) is 0 Å². The van der Waals surface area contributed by atoms with Gasteiger partial charge in [-0.15, -0.1) is 0 Å². The van der Waals surface area contributed by atoms with E-state index >= 15 is 0 Å². The molecule has 0 bridgehead atoms. The second kappa shape index (κ2) is 7.41. The zero-order valence-electron chi connectivity index (χ0n) is 16.7. The fourth-order valence-corrected chi connectivity index (χ4v) is 4.14. The predicted molar refractivity (Wildman–Crippen MR) is 126 cm³/mol. The van der Waals surface area contributed by atoms with E-state index in [0.29, 0.717) is 0 Å². The van der Waals surface area contributed by atoms with Crippen molar-refractivity contribution in [2.75, 3.05) is 4.90 Å². The van der Waals surface area contributed by atoms with Crippen LogP contribution >= 0.6 is 0 Å². The Morgan fingerprint density at radius 3 is 2.57 bits per heavy atom. The Labute approximate surface area is 175 Å². The molecule has 0 radical (unpaired) electrons. The third-order valence-electron chi connectivity index (χ3n) is 5.41. The van der Waals surface area contributed by atoms with E-state index in [1.165, 1.54) is 22.7 Å². The molecule has 0 aliphatic carbocycles. The van der Waals surface area contributed by atoms with Crippen LogP contribution < -0.4 is 4.90 Å². The highest BCUT2D eigenvalue weighted by molar-refractivity contribution is 6.10. The molecule has 5 rings (SSSR count). The van der Waals surface area contributed by atoms with E-state index in [4.69, 9.17) is 0 Å². The smallest absolute Gasteiger partial charge is 0.115 e. The third kappa shape index (κ3) is 2.90. The number of hydrogen-bond acceptors (Lipinski definition) is 3. The van der Waals surface area contributed by atoms with Gasteiger partial charge in [0.05, 0.1) is 23.3 Å². The number of hydrogen-bond donors (Lipinski definition) is 0. The molecule has 2 heterocycles. The molecule has 0 saturated heterocycles. The van der Waals surface area contributed by atoms with E-state index in [1.54, 1.807) is 6.20 Å². The van der Waals surface area contributed by atoms with Crippen LogP contribution in [0.5, 0.6) is 0 Å². The van der Waals surface area contributed by atoms with Crippen LogP contribution in [0.25, 0.3) is 27.6 Å². The molecule has 1 aliphatic heterocycles. The van der Waals surface area contributed by atoms with Gasteiger partial charge in [0.15, 0.2) is 0 Å². The molecule has 0 saturated carbocycles. The second-order valence-electron chi connectivity index (χ2n) is 7.17. The normalized spacial score (nSPS) is 13.3. The van der Waals surface area contributed by atoms with Gasteiger partial charge in [-0.3, -0.25) is 9.98 Å². The standard InChI is InChI=1S/C26H20N4/c1-18-26(29-17-27-2)23-15-21(19-8-4-3-5-9-19)14-20-10-6-12-24(25(20)23)30(18)22-11-7-13-28-16-22/h3-17H,2H2,1H3. The number of rotatable bonds is 4. The summed E-state index contributed by atoms with van der Waals surface area (Å²) < 4.78 is 0. The lowest BCUT2D eigenvalue weighted by Gasteiger charge is -2.33. The van der Waals surface area contributed by atoms with Crippen molar-refractivity contribution < 1.29 is 0 Å². The molecule has 0 fully saturated rings. The van der Waals surface area contributed by atoms with Gasteiger partial charge in [-0.2, -0.15) is 0 Å². The maximum absolute atomic E-state index is 4.68. The summed E-state index contributed by atoms with van der Waals surface area (Å²) >= 11 is 0. The van der Waals surface area contributed by atoms with E-state index < -0.39 is 0 Å². The molecule has 0 amide bonds. The zero-order valence-corrected chi connectivity index (χ0v) is 16.7. The summed E-state index contributed by atoms with van der Waals surface area (Å²) in [6.45, 7) is 5.64. The minimum absolute atomic E-state index is 0.882. The molecular formula is C26H20N4. The Hall–Kier alpha value is -4.05. The predicted octanol–water partition coefficient (Wildman–Crippen LogP) is 6.47. The number of benzene rings is 3. The molecule has 1 aliphatic rings. The fraction of sp³-hybridized carbons (Fsp3) is 0.0385. The molecule has 30 heavy (non-hydrogen) atoms. The monoisotopic (exact) mass is 388 g/mol. The van der Waals surface area contributed by atoms with Crippen LogP contribution in [0.1, 0.15) is 12.5 Å². The Balaban J connectivity index is 1.84. The van der Waals surface area contributed by atoms with E-state index in [0.717, 1.165) is 33.9 Å². The number of allylic oxidation sites excluding steroid dienone is 1. The first kappa shape index (κ1) is 18.0. The van der Waals surface area contributed by atoms with E-state index in [2.05, 4.69) is 94.2 Å². The second-order valence-corrected chi connectivity index (χ2v) is 7.17. The Morgan fingerprint density at radius 1 is 0.933 bits per heavy atom. The van der Waals surface area contributed by atoms with Crippen LogP contribution in [-0.2, 0) is 0 Å². The lowest BCUT2D eigenvalue weighted by atomic mass is 9.91. The van der Waals surface area contributed by atoms with Gasteiger partial charge in [0, 0.05) is 22.8 Å². The van der Waals surface area contributed by atoms with Gasteiger partial charge in [-0.25, -0.2) is 4.99 Å². The van der Waals surface area contributed by atoms with Crippen molar-refractivity contribution >= 4 is 40.9 Å². The molecule has 3 aromatic carbocycles. The summed E-state index contributed by atoms with van der Waals surface area (Å²) in [4.78, 5) is 15.1. The molecular weight excluding hydrogens is 368 g/mol. The Bertz CT molecular complexity index is 1310. The van der Waals surface area contributed by atoms with Crippen LogP contribution in [-0.4, -0.2) is 18.0 Å². The number of anilines is 2. The minimum Gasteiger partial charge on any atom is -0.310 e. The maximum atomic E-state index is 4.68. The SMILES string of the molecule is C=NC=NC1=C(C)N(c2cccnc2)c2cccc3cc(-c4ccccc4)cc1c23. The van der Waals surface area contributed by atoms with Crippen LogP contribution in [0.2, 0.25) is 0 Å². The van der Waals surface area contributed by atoms with Crippen LogP contribution in [0.4, 0.5) is 11.4 Å². The third-order valence-corrected chi connectivity index (χ3v) is 5.41. The highest BCUT2D eigenvalue weighted by Crippen LogP contribution is 2.46. The molecule has 4 nitrogen and oxygen atoms in total. The lowest BCUT2D eigenvalue weighted by Crippen LogP contribution is -2.20. The van der Waals surface area contributed by atoms with Gasteiger partial charge in [-0.05, 0) is 60.5 Å². The first-order valence-electron chi connectivity index (χ1n) is 9.80. The van der Waals surface area contributed by atoms with Crippen molar-refractivity contribution in [3.63, 3.8) is 0 Å². The Kier molecular flexibility index (Phi) is 4.45. The van der Waals surface area contributed by atoms with E-state index in [1.807, 2.05) is 18.3 Å². The van der Waals surface area contributed by atoms with E-state index in [9.17, 15) is 0 Å². The van der Waals surface area contributed by atoms with Gasteiger partial charge in [0.25, 0.3) is 0 Å². The number of nitrogens with zero attached hydrogens (tertiary/aromatic N) is 4. The zero-order chi connectivity index (χ0) is 20.5. The largest absolute Gasteiger partial charge is 0.310 e. The molecule has 0 unspecified atom stereocenters. The van der Waals surface area contributed by atoms with Gasteiger partial charge in [0.2, 0.25) is 0 Å². The van der Waals surface area contributed by atoms with E-state index in [-0.39, 0.29) is 0 Å². The molecule has 0 spiro atoms. The molecule has 1 aromatic heterocycles. The van der Waals surface area contributed by atoms with Crippen molar-refractivity contribution in [1.29, 1.82) is 0 Å². The molecule has 0 atom stereocenters. The first-order valence-corrected chi connectivity index (χ1v) is 9.80. The lowest BCUT2D eigenvalue weighted by molar-refractivity contribution is 1.13. The fourth-order valence-electron chi connectivity index (χ4n) is 4.14. The highest BCUT2D eigenvalue weighted by Gasteiger charge is 2.26. The summed E-state index contributed by atoms with van der Waals surface area (Å²) in [7, 11) is 0. The topological polar surface area (TPSA) is 40.9 Å². The number of pyridine rings is 1. The Morgan fingerprint density at radius 2 is 1.80 bits per heavy atom. The number of aromatic nitrogens is 1. The van der Waals surface area contributed by atoms with Crippen molar-refractivity contribution in [1.82, 2.24) is 4.98 Å². The van der Waals surface area contributed by atoms with Crippen molar-refractivity contribution in [3.8, 4) is 11.1 Å². The van der Waals surface area contributed by atoms with Gasteiger partial charge in [-0.1, -0.05) is 42.5 Å². The van der Waals surface area contributed by atoms with Crippen LogP contribution in [0.15, 0.2) is 101 Å². The van der Waals surface area contributed by atoms with Gasteiger partial charge in [0.1, 0.15) is 6.34 Å². The summed E-state index contributed by atoms with van der Waals surface area (Å²) in [6, 6.07) is 25.3. The molecule has 4 heteroatoms. The van der Waals surface area contributed by atoms with Crippen molar-refractivity contribution in [3.05, 3.63) is 96.5 Å². The quantitative estimate of drug-likeness (QED) is 0.297. The van der Waals surface area contributed by atoms with Crippen molar-refractivity contribution in [2.24, 2.45) is 9.98 Å². The average molecular weight is 388 g/mol. The molecule has 144 valence electrons. The first-order chi connectivity index (χ1) is 14.8. The summed E-state index contributed by atoms with van der Waals surface area (Å²) in [5, 5.41) is 2.34. The average Bonchev–Trinajstić information content (AvgIpc) is 2.80. The highest BCUT2D eigenvalue weighted by atomic mass is 15.2. The molecule has 4 aromatic rings. The minimum atomic E-state index is 0.882. The van der Waals surface area contributed by atoms with Gasteiger partial charge < -0.3 is 4.90 Å². The maximum Gasteiger partial charge on any atom is 0.115 e. The van der Waals surface area contributed by atoms with Crippen molar-refractivity contribution in [2.45, 2.75) is 6.92 Å². The van der Waals surface area contributed by atoms with Gasteiger partial charge >= 0.3 is 0 Å². The summed E-state index contributed by atoms with van der Waals surface area (Å²) in [5.41, 5.74) is 7.47. The number of aliphatic imine (C=N–C) groups is 2. The summed E-state index contributed by atoms with van der Waals surface area (Å²) in [5.74, 6) is 0. The summed E-state index contributed by atoms with van der Waals surface area (Å²) in [6.07, 6.45) is 5.17. The van der Waals surface area contributed by atoms with Crippen LogP contribution in [0, 0.1) is 0 Å². The molecule has 0 N–H and O–H groups in total.